The van der Waals surface area contributed by atoms with E-state index in [9.17, 15) is 18.7 Å². The van der Waals surface area contributed by atoms with Crippen molar-refractivity contribution >= 4 is 5.78 Å². The highest BCUT2D eigenvalue weighted by Crippen LogP contribution is 2.13. The molecule has 0 saturated carbocycles. The Bertz CT molecular complexity index is 355. The summed E-state index contributed by atoms with van der Waals surface area (Å²) in [4.78, 5) is 11.5. The molecule has 1 aromatic rings. The summed E-state index contributed by atoms with van der Waals surface area (Å²) in [6.07, 6.45) is -1.23. The van der Waals surface area contributed by atoms with E-state index in [1.165, 1.54) is 0 Å². The Morgan fingerprint density at radius 3 is 2.07 bits per heavy atom. The molecule has 1 atom stereocenters. The van der Waals surface area contributed by atoms with Crippen LogP contribution in [0.1, 0.15) is 24.2 Å². The van der Waals surface area contributed by atoms with Crippen molar-refractivity contribution in [3.05, 3.63) is 35.4 Å². The van der Waals surface area contributed by atoms with E-state index in [-0.39, 0.29) is 11.5 Å². The highest BCUT2D eigenvalue weighted by Gasteiger charge is 2.21. The second-order valence-electron chi connectivity index (χ2n) is 3.71. The quantitative estimate of drug-likeness (QED) is 0.783. The third kappa shape index (κ3) is 2.83. The van der Waals surface area contributed by atoms with Crippen LogP contribution < -0.4 is 0 Å². The summed E-state index contributed by atoms with van der Waals surface area (Å²) in [5, 5.41) is 9.44. The zero-order valence-electron chi connectivity index (χ0n) is 8.50. The van der Waals surface area contributed by atoms with Crippen LogP contribution in [0.3, 0.4) is 0 Å². The molecule has 82 valence electrons. The minimum atomic E-state index is -1.23. The maximum atomic E-state index is 12.8. The predicted octanol–water partition coefficient (Wildman–Crippen LogP) is 2.16. The van der Waals surface area contributed by atoms with E-state index < -0.39 is 23.5 Å². The highest BCUT2D eigenvalue weighted by molar-refractivity contribution is 5.99. The average molecular weight is 214 g/mol. The van der Waals surface area contributed by atoms with E-state index in [0.29, 0.717) is 6.07 Å². The fourth-order valence-electron chi connectivity index (χ4n) is 1.17. The third-order valence-electron chi connectivity index (χ3n) is 2.05. The Balaban J connectivity index is 3.01. The molecule has 2 nitrogen and oxygen atoms in total. The lowest BCUT2D eigenvalue weighted by molar-refractivity contribution is 0.0647. The lowest BCUT2D eigenvalue weighted by atomic mass is 9.98. The van der Waals surface area contributed by atoms with Gasteiger partial charge in [0.25, 0.3) is 0 Å². The standard InChI is InChI=1S/C11H12F2O2/c1-6(2)10(14)11(15)7-3-8(12)5-9(13)4-7/h3-6,10,14H,1-2H3. The van der Waals surface area contributed by atoms with E-state index in [1.54, 1.807) is 13.8 Å². The van der Waals surface area contributed by atoms with Crippen LogP contribution in [-0.4, -0.2) is 17.0 Å². The van der Waals surface area contributed by atoms with Crippen molar-refractivity contribution in [2.24, 2.45) is 5.92 Å². The van der Waals surface area contributed by atoms with Crippen LogP contribution in [0.2, 0.25) is 0 Å². The van der Waals surface area contributed by atoms with Gasteiger partial charge in [0.15, 0.2) is 5.78 Å². The van der Waals surface area contributed by atoms with Gasteiger partial charge in [-0.05, 0) is 18.1 Å². The van der Waals surface area contributed by atoms with Gasteiger partial charge in [-0.25, -0.2) is 8.78 Å². The molecule has 0 fully saturated rings. The molecular formula is C11H12F2O2. The number of aliphatic hydroxyl groups is 1. The number of Topliss-reactive ketones (excluding diaryl/α,β-unsaturated/α-hetero) is 1. The van der Waals surface area contributed by atoms with Crippen LogP contribution in [0.5, 0.6) is 0 Å². The molecule has 1 unspecified atom stereocenters. The van der Waals surface area contributed by atoms with E-state index in [4.69, 9.17) is 0 Å². The molecule has 1 N–H and O–H groups in total. The minimum absolute atomic E-state index is 0.145. The topological polar surface area (TPSA) is 37.3 Å². The first-order chi connectivity index (χ1) is 6.91. The largest absolute Gasteiger partial charge is 0.385 e. The van der Waals surface area contributed by atoms with Gasteiger partial charge < -0.3 is 5.11 Å². The fourth-order valence-corrected chi connectivity index (χ4v) is 1.17. The van der Waals surface area contributed by atoms with E-state index in [1.807, 2.05) is 0 Å². The molecule has 0 aliphatic heterocycles. The number of hydrogen-bond acceptors (Lipinski definition) is 2. The van der Waals surface area contributed by atoms with Crippen LogP contribution in [0.25, 0.3) is 0 Å². The lowest BCUT2D eigenvalue weighted by Crippen LogP contribution is -2.26. The number of carbonyl (C=O) groups is 1. The first kappa shape index (κ1) is 11.8. The molecule has 0 amide bonds. The smallest absolute Gasteiger partial charge is 0.191 e. The molecule has 4 heteroatoms. The predicted molar refractivity (Wildman–Crippen MR) is 51.5 cm³/mol. The molecular weight excluding hydrogens is 202 g/mol. The summed E-state index contributed by atoms with van der Waals surface area (Å²) >= 11 is 0. The SMILES string of the molecule is CC(C)C(O)C(=O)c1cc(F)cc(F)c1. The molecule has 0 heterocycles. The lowest BCUT2D eigenvalue weighted by Gasteiger charge is -2.12. The monoisotopic (exact) mass is 214 g/mol. The van der Waals surface area contributed by atoms with Crippen molar-refractivity contribution < 1.29 is 18.7 Å². The number of aliphatic hydroxyl groups excluding tert-OH is 1. The fraction of sp³-hybridized carbons (Fsp3) is 0.364. The van der Waals surface area contributed by atoms with Crippen molar-refractivity contribution in [2.75, 3.05) is 0 Å². The molecule has 0 bridgehead atoms. The van der Waals surface area contributed by atoms with Gasteiger partial charge in [-0.2, -0.15) is 0 Å². The Morgan fingerprint density at radius 1 is 1.20 bits per heavy atom. The summed E-state index contributed by atoms with van der Waals surface area (Å²) in [5.74, 6) is -2.60. The first-order valence-electron chi connectivity index (χ1n) is 4.60. The van der Waals surface area contributed by atoms with E-state index >= 15 is 0 Å². The second kappa shape index (κ2) is 4.49. The second-order valence-corrected chi connectivity index (χ2v) is 3.71. The molecule has 1 rings (SSSR count). The van der Waals surface area contributed by atoms with E-state index in [0.717, 1.165) is 12.1 Å². The number of benzene rings is 1. The number of ketones is 1. The van der Waals surface area contributed by atoms with Crippen LogP contribution >= 0.6 is 0 Å². The highest BCUT2D eigenvalue weighted by atomic mass is 19.1. The van der Waals surface area contributed by atoms with Crippen molar-refractivity contribution in [3.8, 4) is 0 Å². The maximum Gasteiger partial charge on any atom is 0.191 e. The van der Waals surface area contributed by atoms with Crippen molar-refractivity contribution in [3.63, 3.8) is 0 Å². The van der Waals surface area contributed by atoms with Gasteiger partial charge in [-0.3, -0.25) is 4.79 Å². The number of carbonyl (C=O) groups excluding carboxylic acids is 1. The summed E-state index contributed by atoms with van der Waals surface area (Å²) in [7, 11) is 0. The molecule has 0 spiro atoms. The molecule has 1 aromatic carbocycles. The van der Waals surface area contributed by atoms with Crippen LogP contribution in [0, 0.1) is 17.6 Å². The van der Waals surface area contributed by atoms with Crippen LogP contribution in [0.15, 0.2) is 18.2 Å². The normalized spacial score (nSPS) is 12.9. The minimum Gasteiger partial charge on any atom is -0.385 e. The molecule has 0 aromatic heterocycles. The average Bonchev–Trinajstić information content (AvgIpc) is 2.13. The van der Waals surface area contributed by atoms with Gasteiger partial charge in [0.2, 0.25) is 0 Å². The van der Waals surface area contributed by atoms with Gasteiger partial charge in [0, 0.05) is 11.6 Å². The Kier molecular flexibility index (Phi) is 3.52. The van der Waals surface area contributed by atoms with Crippen LogP contribution in [-0.2, 0) is 0 Å². The van der Waals surface area contributed by atoms with Crippen LogP contribution in [0.4, 0.5) is 8.78 Å². The summed E-state index contributed by atoms with van der Waals surface area (Å²) in [5.41, 5.74) is -0.145. The molecule has 0 aliphatic rings. The molecule has 0 radical (unpaired) electrons. The van der Waals surface area contributed by atoms with Gasteiger partial charge in [-0.1, -0.05) is 13.8 Å². The molecule has 0 aliphatic carbocycles. The van der Waals surface area contributed by atoms with Crippen molar-refractivity contribution in [2.45, 2.75) is 20.0 Å². The first-order valence-corrected chi connectivity index (χ1v) is 4.60. The number of rotatable bonds is 3. The summed E-state index contributed by atoms with van der Waals surface area (Å²) in [6, 6.07) is 2.51. The zero-order valence-corrected chi connectivity index (χ0v) is 8.50. The van der Waals surface area contributed by atoms with Gasteiger partial charge >= 0.3 is 0 Å². The van der Waals surface area contributed by atoms with E-state index in [2.05, 4.69) is 0 Å². The molecule has 15 heavy (non-hydrogen) atoms. The Hall–Kier alpha value is -1.29. The summed E-state index contributed by atoms with van der Waals surface area (Å²) in [6.45, 7) is 3.30. The van der Waals surface area contributed by atoms with Gasteiger partial charge in [-0.15, -0.1) is 0 Å². The van der Waals surface area contributed by atoms with Crippen molar-refractivity contribution in [1.29, 1.82) is 0 Å². The Labute approximate surface area is 86.5 Å². The number of halogens is 2. The summed E-state index contributed by atoms with van der Waals surface area (Å²) < 4.78 is 25.6. The third-order valence-corrected chi connectivity index (χ3v) is 2.05. The maximum absolute atomic E-state index is 12.8. The van der Waals surface area contributed by atoms with Gasteiger partial charge in [0.1, 0.15) is 17.7 Å². The zero-order chi connectivity index (χ0) is 11.6. The Morgan fingerprint density at radius 2 is 1.67 bits per heavy atom. The van der Waals surface area contributed by atoms with Gasteiger partial charge in [0.05, 0.1) is 0 Å². The van der Waals surface area contributed by atoms with Crippen molar-refractivity contribution in [1.82, 2.24) is 0 Å². The molecule has 0 saturated heterocycles. The number of hydrogen-bond donors (Lipinski definition) is 1.